The largest absolute Gasteiger partial charge is 0.350 e. The van der Waals surface area contributed by atoms with Crippen LogP contribution in [0.15, 0.2) is 28.9 Å². The van der Waals surface area contributed by atoms with Gasteiger partial charge in [0.15, 0.2) is 0 Å². The van der Waals surface area contributed by atoms with Crippen molar-refractivity contribution in [2.24, 2.45) is 4.99 Å². The molecule has 1 aliphatic heterocycles. The predicted octanol–water partition coefficient (Wildman–Crippen LogP) is 0.647. The molecule has 0 radical (unpaired) electrons. The maximum absolute atomic E-state index is 11.0. The first kappa shape index (κ1) is 7.72. The molecule has 1 heterocycles. The summed E-state index contributed by atoms with van der Waals surface area (Å²) in [7, 11) is 0. The topological polar surface area (TPSA) is 41.5 Å². The van der Waals surface area contributed by atoms with Crippen LogP contribution in [0.3, 0.4) is 0 Å². The van der Waals surface area contributed by atoms with E-state index in [4.69, 9.17) is 0 Å². The molecule has 0 saturated heterocycles. The Bertz CT molecular complexity index is 240. The lowest BCUT2D eigenvalue weighted by Gasteiger charge is -2.14. The molecule has 0 saturated carbocycles. The Kier molecular flexibility index (Phi) is 2.21. The number of rotatable bonds is 2. The van der Waals surface area contributed by atoms with E-state index in [1.54, 1.807) is 6.08 Å². The van der Waals surface area contributed by atoms with Crippen molar-refractivity contribution in [2.45, 2.75) is 6.42 Å². The van der Waals surface area contributed by atoms with Crippen LogP contribution in [0.4, 0.5) is 0 Å². The number of carbonyl (C=O) groups is 1. The van der Waals surface area contributed by atoms with Crippen LogP contribution >= 0.6 is 0 Å². The zero-order chi connectivity index (χ0) is 8.27. The zero-order valence-electron chi connectivity index (χ0n) is 6.26. The Morgan fingerprint density at radius 2 is 2.36 bits per heavy atom. The number of nitrogens with one attached hydrogen (secondary N) is 1. The third-order valence-electron chi connectivity index (χ3n) is 1.60. The summed E-state index contributed by atoms with van der Waals surface area (Å²) < 4.78 is 0. The highest BCUT2D eigenvalue weighted by Crippen LogP contribution is 2.14. The lowest BCUT2D eigenvalue weighted by atomic mass is 10.1. The molecule has 0 aliphatic carbocycles. The predicted molar refractivity (Wildman–Crippen MR) is 44.4 cm³/mol. The first-order chi connectivity index (χ1) is 5.29. The molecule has 1 rings (SSSR count). The molecule has 0 aromatic rings. The fraction of sp³-hybridized carbons (Fsp3) is 0.250. The second-order valence-electron chi connectivity index (χ2n) is 2.24. The van der Waals surface area contributed by atoms with Gasteiger partial charge < -0.3 is 5.32 Å². The molecule has 0 atom stereocenters. The second-order valence-corrected chi connectivity index (χ2v) is 2.24. The molecular formula is C8H10N2O. The van der Waals surface area contributed by atoms with Gasteiger partial charge in [-0.3, -0.25) is 9.79 Å². The molecule has 58 valence electrons. The van der Waals surface area contributed by atoms with E-state index in [1.807, 2.05) is 0 Å². The zero-order valence-corrected chi connectivity index (χ0v) is 6.26. The van der Waals surface area contributed by atoms with Crippen molar-refractivity contribution < 1.29 is 4.79 Å². The lowest BCUT2D eigenvalue weighted by Crippen LogP contribution is -2.30. The van der Waals surface area contributed by atoms with E-state index in [0.717, 1.165) is 12.0 Å². The molecule has 11 heavy (non-hydrogen) atoms. The summed E-state index contributed by atoms with van der Waals surface area (Å²) in [6.45, 7) is 7.57. The quantitative estimate of drug-likeness (QED) is 0.577. The van der Waals surface area contributed by atoms with Crippen molar-refractivity contribution in [3.63, 3.8) is 0 Å². The number of nitrogens with zero attached hydrogens (tertiary/aromatic N) is 1. The summed E-state index contributed by atoms with van der Waals surface area (Å²) in [5.41, 5.74) is 1.29. The third kappa shape index (κ3) is 1.37. The van der Waals surface area contributed by atoms with Crippen LogP contribution in [0.25, 0.3) is 0 Å². The van der Waals surface area contributed by atoms with E-state index < -0.39 is 0 Å². The Morgan fingerprint density at radius 1 is 1.64 bits per heavy atom. The summed E-state index contributed by atoms with van der Waals surface area (Å²) in [5.74, 6) is -0.152. The van der Waals surface area contributed by atoms with Gasteiger partial charge in [0.05, 0.1) is 0 Å². The number of amides is 1. The summed E-state index contributed by atoms with van der Waals surface area (Å²) in [4.78, 5) is 14.7. The van der Waals surface area contributed by atoms with Gasteiger partial charge in [-0.25, -0.2) is 0 Å². The maximum Gasteiger partial charge on any atom is 0.270 e. The molecule has 0 spiro atoms. The Hall–Kier alpha value is -1.38. The van der Waals surface area contributed by atoms with Crippen LogP contribution in [0.5, 0.6) is 0 Å². The van der Waals surface area contributed by atoms with Gasteiger partial charge in [0.1, 0.15) is 5.70 Å². The van der Waals surface area contributed by atoms with Crippen LogP contribution in [0, 0.1) is 0 Å². The summed E-state index contributed by atoms with van der Waals surface area (Å²) in [6.07, 6.45) is 2.45. The Balaban J connectivity index is 3.04. The Morgan fingerprint density at radius 3 is 2.82 bits per heavy atom. The molecule has 3 heteroatoms. The van der Waals surface area contributed by atoms with Crippen LogP contribution < -0.4 is 5.32 Å². The van der Waals surface area contributed by atoms with E-state index >= 15 is 0 Å². The number of aliphatic imine (C=N–C) groups is 1. The minimum atomic E-state index is -0.152. The highest BCUT2D eigenvalue weighted by molar-refractivity contribution is 5.95. The lowest BCUT2D eigenvalue weighted by molar-refractivity contribution is -0.117. The highest BCUT2D eigenvalue weighted by Gasteiger charge is 2.16. The molecule has 0 aromatic heterocycles. The van der Waals surface area contributed by atoms with Gasteiger partial charge in [0, 0.05) is 6.54 Å². The van der Waals surface area contributed by atoms with Crippen LogP contribution in [-0.2, 0) is 4.79 Å². The first-order valence-electron chi connectivity index (χ1n) is 3.40. The second kappa shape index (κ2) is 3.14. The van der Waals surface area contributed by atoms with Gasteiger partial charge >= 0.3 is 0 Å². The van der Waals surface area contributed by atoms with Gasteiger partial charge in [-0.05, 0) is 18.7 Å². The van der Waals surface area contributed by atoms with Crippen molar-refractivity contribution >= 4 is 12.6 Å². The number of allylic oxidation sites excluding steroid dienone is 1. The molecule has 0 bridgehead atoms. The molecular weight excluding hydrogens is 140 g/mol. The van der Waals surface area contributed by atoms with Crippen molar-refractivity contribution in [3.8, 4) is 0 Å². The van der Waals surface area contributed by atoms with Crippen LogP contribution in [0.2, 0.25) is 0 Å². The SMILES string of the molecule is C=CC1=C(N=C)C(=O)NCC1. The number of hydrogen-bond acceptors (Lipinski definition) is 2. The minimum Gasteiger partial charge on any atom is -0.350 e. The molecule has 0 fully saturated rings. The fourth-order valence-corrected chi connectivity index (χ4v) is 1.03. The van der Waals surface area contributed by atoms with E-state index in [9.17, 15) is 4.79 Å². The summed E-state index contributed by atoms with van der Waals surface area (Å²) in [6, 6.07) is 0. The highest BCUT2D eigenvalue weighted by atomic mass is 16.2. The summed E-state index contributed by atoms with van der Waals surface area (Å²) in [5, 5.41) is 2.67. The maximum atomic E-state index is 11.0. The van der Waals surface area contributed by atoms with Crippen LogP contribution in [-0.4, -0.2) is 19.2 Å². The monoisotopic (exact) mass is 150 g/mol. The average molecular weight is 150 g/mol. The number of carbonyl (C=O) groups excluding carboxylic acids is 1. The first-order valence-corrected chi connectivity index (χ1v) is 3.40. The van der Waals surface area contributed by atoms with Gasteiger partial charge in [-0.2, -0.15) is 0 Å². The average Bonchev–Trinajstić information content (AvgIpc) is 2.04. The van der Waals surface area contributed by atoms with Gasteiger partial charge in [0.25, 0.3) is 5.91 Å². The van der Waals surface area contributed by atoms with Gasteiger partial charge in [0.2, 0.25) is 0 Å². The third-order valence-corrected chi connectivity index (χ3v) is 1.60. The molecule has 0 unspecified atom stereocenters. The molecule has 0 aromatic carbocycles. The smallest absolute Gasteiger partial charge is 0.270 e. The standard InChI is InChI=1S/C8H10N2O/c1-3-6-4-5-10-8(11)7(6)9-2/h3H,1-2,4-5H2,(H,10,11). The summed E-state index contributed by atoms with van der Waals surface area (Å²) >= 11 is 0. The van der Waals surface area contributed by atoms with Crippen molar-refractivity contribution in [3.05, 3.63) is 23.9 Å². The Labute approximate surface area is 65.5 Å². The van der Waals surface area contributed by atoms with Gasteiger partial charge in [-0.1, -0.05) is 12.7 Å². The van der Waals surface area contributed by atoms with Gasteiger partial charge in [-0.15, -0.1) is 0 Å². The van der Waals surface area contributed by atoms with Crippen molar-refractivity contribution in [1.29, 1.82) is 0 Å². The fourth-order valence-electron chi connectivity index (χ4n) is 1.03. The van der Waals surface area contributed by atoms with Crippen LogP contribution in [0.1, 0.15) is 6.42 Å². The van der Waals surface area contributed by atoms with Crippen molar-refractivity contribution in [1.82, 2.24) is 5.32 Å². The molecule has 1 amide bonds. The minimum absolute atomic E-state index is 0.152. The molecule has 3 nitrogen and oxygen atoms in total. The normalized spacial score (nSPS) is 17.6. The molecule has 1 aliphatic rings. The van der Waals surface area contributed by atoms with E-state index in [0.29, 0.717) is 12.2 Å². The molecule has 1 N–H and O–H groups in total. The number of hydrogen-bond donors (Lipinski definition) is 1. The van der Waals surface area contributed by atoms with Crippen molar-refractivity contribution in [2.75, 3.05) is 6.54 Å². The van der Waals surface area contributed by atoms with E-state index in [-0.39, 0.29) is 5.91 Å². The van der Waals surface area contributed by atoms with E-state index in [2.05, 4.69) is 23.6 Å². The van der Waals surface area contributed by atoms with E-state index in [1.165, 1.54) is 0 Å².